The van der Waals surface area contributed by atoms with Crippen molar-refractivity contribution in [2.75, 3.05) is 19.6 Å². The van der Waals surface area contributed by atoms with E-state index in [-0.39, 0.29) is 0 Å². The molecule has 0 aromatic rings. The summed E-state index contributed by atoms with van der Waals surface area (Å²) >= 11 is 0. The molecule has 0 aromatic carbocycles. The predicted molar refractivity (Wildman–Crippen MR) is 90.8 cm³/mol. The maximum absolute atomic E-state index is 6.25. The smallest absolute Gasteiger partial charge is 0.0801 e. The second-order valence-electron chi connectivity index (χ2n) is 6.73. The molecule has 0 aromatic heterocycles. The summed E-state index contributed by atoms with van der Waals surface area (Å²) in [7, 11) is 0. The zero-order valence-electron chi connectivity index (χ0n) is 14.6. The first-order valence-electron chi connectivity index (χ1n) is 9.42. The average molecular weight is 295 g/mol. The van der Waals surface area contributed by atoms with Gasteiger partial charge in [0.1, 0.15) is 0 Å². The molecular formula is C19H38N2. The molecule has 21 heavy (non-hydrogen) atoms. The number of hydrogen-bond donors (Lipinski definition) is 1. The van der Waals surface area contributed by atoms with Crippen LogP contribution >= 0.6 is 0 Å². The second kappa shape index (κ2) is 15.8. The molecule has 2 heteroatoms. The maximum Gasteiger partial charge on any atom is 0.0801 e. The lowest BCUT2D eigenvalue weighted by Gasteiger charge is -2.13. The SMILES string of the molecule is CCCCCCCCCC[NH+]1CCC(CCCC)C1.[C-]#N. The molecule has 0 aliphatic carbocycles. The van der Waals surface area contributed by atoms with Crippen molar-refractivity contribution in [3.63, 3.8) is 0 Å². The van der Waals surface area contributed by atoms with Crippen LogP contribution in [0.3, 0.4) is 0 Å². The van der Waals surface area contributed by atoms with Crippen LogP contribution in [0.1, 0.15) is 90.9 Å². The van der Waals surface area contributed by atoms with E-state index in [0.29, 0.717) is 0 Å². The second-order valence-corrected chi connectivity index (χ2v) is 6.73. The van der Waals surface area contributed by atoms with E-state index in [0.717, 1.165) is 5.92 Å². The van der Waals surface area contributed by atoms with E-state index in [1.807, 2.05) is 4.90 Å². The van der Waals surface area contributed by atoms with Gasteiger partial charge in [0.05, 0.1) is 19.6 Å². The molecule has 0 amide bonds. The van der Waals surface area contributed by atoms with Crippen molar-refractivity contribution in [2.45, 2.75) is 90.9 Å². The minimum absolute atomic E-state index is 1.06. The Kier molecular flexibility index (Phi) is 15.4. The van der Waals surface area contributed by atoms with Crippen LogP contribution in [-0.2, 0) is 0 Å². The zero-order chi connectivity index (χ0) is 15.8. The molecule has 124 valence electrons. The Morgan fingerprint density at radius 3 is 2.05 bits per heavy atom. The first-order valence-corrected chi connectivity index (χ1v) is 9.42. The van der Waals surface area contributed by atoms with E-state index >= 15 is 0 Å². The van der Waals surface area contributed by atoms with Crippen LogP contribution in [0, 0.1) is 17.8 Å². The zero-order valence-corrected chi connectivity index (χ0v) is 14.6. The molecule has 1 aliphatic heterocycles. The Hall–Kier alpha value is -0.550. The van der Waals surface area contributed by atoms with Gasteiger partial charge in [0.25, 0.3) is 0 Å². The molecule has 0 radical (unpaired) electrons. The quantitative estimate of drug-likeness (QED) is 0.421. The van der Waals surface area contributed by atoms with Gasteiger partial charge in [-0.3, -0.25) is 0 Å². The predicted octanol–water partition coefficient (Wildman–Crippen LogP) is 4.32. The molecule has 1 saturated heterocycles. The van der Waals surface area contributed by atoms with E-state index < -0.39 is 0 Å². The van der Waals surface area contributed by atoms with Crippen LogP contribution in [0.15, 0.2) is 0 Å². The van der Waals surface area contributed by atoms with E-state index in [1.165, 1.54) is 96.7 Å². The minimum Gasteiger partial charge on any atom is -0.512 e. The van der Waals surface area contributed by atoms with Crippen LogP contribution < -0.4 is 4.90 Å². The van der Waals surface area contributed by atoms with Gasteiger partial charge in [0.15, 0.2) is 0 Å². The summed E-state index contributed by atoms with van der Waals surface area (Å²) in [5, 5.41) is 6.25. The van der Waals surface area contributed by atoms with Gasteiger partial charge < -0.3 is 16.7 Å². The highest BCUT2D eigenvalue weighted by Crippen LogP contribution is 2.13. The Morgan fingerprint density at radius 1 is 0.857 bits per heavy atom. The molecule has 0 bridgehead atoms. The van der Waals surface area contributed by atoms with Gasteiger partial charge in [-0.05, 0) is 19.3 Å². The Bertz CT molecular complexity index is 225. The fourth-order valence-electron chi connectivity index (χ4n) is 3.50. The van der Waals surface area contributed by atoms with Crippen molar-refractivity contribution in [3.05, 3.63) is 6.57 Å². The van der Waals surface area contributed by atoms with Crippen molar-refractivity contribution in [1.82, 2.24) is 0 Å². The standard InChI is InChI=1S/C18H37N.CN/c1-3-5-7-8-9-10-11-12-15-19-16-14-18(17-19)13-6-4-2;1-2/h18H,3-17H2,1-2H3;/q;-1/p+1. The van der Waals surface area contributed by atoms with Gasteiger partial charge in [-0.25, -0.2) is 0 Å². The fraction of sp³-hybridized carbons (Fsp3) is 0.947. The number of hydrogen-bond acceptors (Lipinski definition) is 1. The summed E-state index contributed by atoms with van der Waals surface area (Å²) in [6.45, 7) is 13.8. The van der Waals surface area contributed by atoms with E-state index in [4.69, 9.17) is 11.8 Å². The normalized spacial score (nSPS) is 21.0. The van der Waals surface area contributed by atoms with E-state index in [9.17, 15) is 0 Å². The number of unbranched alkanes of at least 4 members (excludes halogenated alkanes) is 8. The number of likely N-dealkylation sites (tertiary alicyclic amines) is 1. The molecule has 0 spiro atoms. The number of nitrogens with zero attached hydrogens (tertiary/aromatic N) is 1. The summed E-state index contributed by atoms with van der Waals surface area (Å²) < 4.78 is 0. The van der Waals surface area contributed by atoms with E-state index in [1.54, 1.807) is 0 Å². The molecule has 1 heterocycles. The maximum atomic E-state index is 6.25. The molecule has 1 fully saturated rings. The fourth-order valence-corrected chi connectivity index (χ4v) is 3.50. The van der Waals surface area contributed by atoms with Crippen molar-refractivity contribution >= 4 is 0 Å². The summed E-state index contributed by atoms with van der Waals surface area (Å²) in [6.07, 6.45) is 17.5. The third kappa shape index (κ3) is 11.8. The summed E-state index contributed by atoms with van der Waals surface area (Å²) in [5.41, 5.74) is 0. The van der Waals surface area contributed by atoms with Crippen LogP contribution in [0.25, 0.3) is 0 Å². The van der Waals surface area contributed by atoms with Crippen molar-refractivity contribution in [1.29, 1.82) is 5.26 Å². The molecule has 2 unspecified atom stereocenters. The van der Waals surface area contributed by atoms with Gasteiger partial charge in [0.2, 0.25) is 0 Å². The first-order chi connectivity index (χ1) is 10.4. The number of rotatable bonds is 12. The molecule has 2 atom stereocenters. The van der Waals surface area contributed by atoms with Gasteiger partial charge in [-0.2, -0.15) is 0 Å². The highest BCUT2D eigenvalue weighted by Gasteiger charge is 2.24. The lowest BCUT2D eigenvalue weighted by atomic mass is 10.0. The van der Waals surface area contributed by atoms with Crippen LogP contribution in [0.4, 0.5) is 0 Å². The number of quaternary nitrogens is 1. The van der Waals surface area contributed by atoms with Gasteiger partial charge in [0, 0.05) is 12.3 Å². The van der Waals surface area contributed by atoms with Crippen LogP contribution in [-0.4, -0.2) is 19.6 Å². The van der Waals surface area contributed by atoms with Crippen LogP contribution in [0.2, 0.25) is 0 Å². The first kappa shape index (κ1) is 20.5. The highest BCUT2D eigenvalue weighted by atomic mass is 15.1. The molecular weight excluding hydrogens is 256 g/mol. The molecule has 0 saturated carbocycles. The van der Waals surface area contributed by atoms with Gasteiger partial charge >= 0.3 is 0 Å². The number of nitrogens with one attached hydrogen (secondary N) is 1. The summed E-state index contributed by atoms with van der Waals surface area (Å²) in [5.74, 6) is 1.06. The van der Waals surface area contributed by atoms with Gasteiger partial charge in [-0.1, -0.05) is 65.2 Å². The third-order valence-corrected chi connectivity index (χ3v) is 4.83. The lowest BCUT2D eigenvalue weighted by Crippen LogP contribution is -3.10. The molecule has 1 rings (SSSR count). The summed E-state index contributed by atoms with van der Waals surface area (Å²) in [4.78, 5) is 1.91. The van der Waals surface area contributed by atoms with Crippen molar-refractivity contribution < 1.29 is 4.90 Å². The summed E-state index contributed by atoms with van der Waals surface area (Å²) in [6, 6.07) is 0. The minimum atomic E-state index is 1.06. The Labute approximate surface area is 133 Å². The van der Waals surface area contributed by atoms with Gasteiger partial charge in [-0.15, -0.1) is 0 Å². The largest absolute Gasteiger partial charge is 0.512 e. The monoisotopic (exact) mass is 294 g/mol. The van der Waals surface area contributed by atoms with Crippen molar-refractivity contribution in [3.8, 4) is 0 Å². The van der Waals surface area contributed by atoms with Crippen molar-refractivity contribution in [2.24, 2.45) is 5.92 Å². The average Bonchev–Trinajstić information content (AvgIpc) is 2.98. The Morgan fingerprint density at radius 2 is 1.43 bits per heavy atom. The molecule has 1 aliphatic rings. The molecule has 2 nitrogen and oxygen atoms in total. The topological polar surface area (TPSA) is 28.2 Å². The molecule has 1 N–H and O–H groups in total. The highest BCUT2D eigenvalue weighted by molar-refractivity contribution is 4.62. The third-order valence-electron chi connectivity index (χ3n) is 4.83. The Balaban J connectivity index is 0.00000191. The van der Waals surface area contributed by atoms with Crippen LogP contribution in [0.5, 0.6) is 0 Å². The lowest BCUT2D eigenvalue weighted by molar-refractivity contribution is -0.889. The van der Waals surface area contributed by atoms with E-state index in [2.05, 4.69) is 13.8 Å².